The molecule has 14 heteroatoms. The number of ether oxygens (including phenoxy) is 3. The molecule has 2 aromatic rings. The first-order valence-electron chi connectivity index (χ1n) is 7.54. The van der Waals surface area contributed by atoms with Crippen molar-refractivity contribution in [1.82, 2.24) is 0 Å². The highest BCUT2D eigenvalue weighted by atomic mass is 35.5. The zero-order valence-corrected chi connectivity index (χ0v) is 19.4. The lowest BCUT2D eigenvalue weighted by Crippen LogP contribution is -2.02. The predicted octanol–water partition coefficient (Wildman–Crippen LogP) is 7.29. The average Bonchev–Trinajstić information content (AvgIpc) is 2.72. The van der Waals surface area contributed by atoms with E-state index in [9.17, 15) is 0 Å². The van der Waals surface area contributed by atoms with Crippen LogP contribution >= 0.6 is 69.6 Å². The highest BCUT2D eigenvalue weighted by Crippen LogP contribution is 2.53. The Morgan fingerprint density at radius 2 is 1.22 bits per heavy atom. The number of benzene rings is 2. The summed E-state index contributed by atoms with van der Waals surface area (Å²) in [6.07, 6.45) is 4.28. The fourth-order valence-electron chi connectivity index (χ4n) is 2.47. The van der Waals surface area contributed by atoms with Crippen LogP contribution in [0.2, 0.25) is 20.1 Å². The topological polar surface area (TPSA) is 113 Å². The Kier molecular flexibility index (Phi) is 8.79. The van der Waals surface area contributed by atoms with Crippen LogP contribution in [-0.2, 0) is 0 Å². The van der Waals surface area contributed by atoms with Gasteiger partial charge in [-0.05, 0) is 5.01 Å². The lowest BCUT2D eigenvalue weighted by Gasteiger charge is -2.19. The molecule has 2 rings (SSSR count). The number of rotatable bonds is 6. The lowest BCUT2D eigenvalue weighted by atomic mass is 9.96. The van der Waals surface area contributed by atoms with Gasteiger partial charge in [0.1, 0.15) is 9.51 Å². The molecule has 0 radical (unpaired) electrons. The fourth-order valence-corrected chi connectivity index (χ4v) is 4.05. The van der Waals surface area contributed by atoms with Gasteiger partial charge in [-0.3, -0.25) is 0 Å². The Morgan fingerprint density at radius 3 is 1.62 bits per heavy atom. The SMILES string of the molecule is [C-]#[N+]Oc1c(Cl)cc(OC#N)c(C(=C(Cl)Cl)c2c(OC#N)cc(Cl)c(OC#N)c2Cl)c1Cl. The normalized spacial score (nSPS) is 9.44. The standard InChI is InChI=1S/C18H2Cl6N4O4/c1-28-32-17-8(20)3-10(30-5-26)12(15(17)22)13(18(23)24)11-9(29-4-25)2-7(19)16(14(11)21)31-6-27/h2-3H. The van der Waals surface area contributed by atoms with Gasteiger partial charge in [-0.2, -0.15) is 11.4 Å². The molecule has 0 aliphatic rings. The summed E-state index contributed by atoms with van der Waals surface area (Å²) >= 11 is 37.1. The zero-order valence-electron chi connectivity index (χ0n) is 14.8. The van der Waals surface area contributed by atoms with E-state index >= 15 is 0 Å². The summed E-state index contributed by atoms with van der Waals surface area (Å²) in [6.45, 7) is 6.91. The molecule has 0 spiro atoms. The van der Waals surface area contributed by atoms with Gasteiger partial charge in [-0.15, -0.1) is 15.8 Å². The van der Waals surface area contributed by atoms with Crippen molar-refractivity contribution in [2.24, 2.45) is 0 Å². The molecule has 160 valence electrons. The summed E-state index contributed by atoms with van der Waals surface area (Å²) in [7, 11) is 0. The van der Waals surface area contributed by atoms with Gasteiger partial charge >= 0.3 is 0 Å². The number of nitriles is 3. The maximum atomic E-state index is 9.05. The van der Waals surface area contributed by atoms with Crippen molar-refractivity contribution in [2.45, 2.75) is 0 Å². The third-order valence-electron chi connectivity index (χ3n) is 3.56. The molecule has 0 saturated heterocycles. The van der Waals surface area contributed by atoms with Gasteiger partial charge in [0.25, 0.3) is 24.5 Å². The van der Waals surface area contributed by atoms with Crippen LogP contribution in [0.1, 0.15) is 11.1 Å². The van der Waals surface area contributed by atoms with Crippen molar-refractivity contribution in [3.05, 3.63) is 59.4 Å². The molecule has 0 aliphatic carbocycles. The summed E-state index contributed by atoms with van der Waals surface area (Å²) < 4.78 is 14.1. The molecule has 8 nitrogen and oxygen atoms in total. The van der Waals surface area contributed by atoms with E-state index in [1.807, 2.05) is 0 Å². The van der Waals surface area contributed by atoms with Gasteiger partial charge in [0.05, 0.1) is 26.2 Å². The van der Waals surface area contributed by atoms with E-state index in [0.29, 0.717) is 0 Å². The molecule has 0 unspecified atom stereocenters. The Hall–Kier alpha value is -2.92. The second-order valence-electron chi connectivity index (χ2n) is 5.15. The van der Waals surface area contributed by atoms with Gasteiger partial charge in [-0.1, -0.05) is 69.6 Å². The summed E-state index contributed by atoms with van der Waals surface area (Å²) in [5.74, 6) is -1.20. The average molecular weight is 551 g/mol. The number of nitrogens with zero attached hydrogens (tertiary/aromatic N) is 4. The van der Waals surface area contributed by atoms with Crippen molar-refractivity contribution in [2.75, 3.05) is 0 Å². The monoisotopic (exact) mass is 548 g/mol. The third kappa shape index (κ3) is 4.94. The van der Waals surface area contributed by atoms with E-state index in [2.05, 4.69) is 5.01 Å². The first-order chi connectivity index (χ1) is 15.2. The van der Waals surface area contributed by atoms with E-state index in [4.69, 9.17) is 111 Å². The summed E-state index contributed by atoms with van der Waals surface area (Å²) in [5, 5.41) is 28.7. The molecule has 0 bridgehead atoms. The molecule has 0 amide bonds. The molecule has 32 heavy (non-hydrogen) atoms. The lowest BCUT2D eigenvalue weighted by molar-refractivity contribution is 0.468. The van der Waals surface area contributed by atoms with Crippen LogP contribution in [0.5, 0.6) is 23.0 Å². The summed E-state index contributed by atoms with van der Waals surface area (Å²) in [6, 6.07) is 2.20. The smallest absolute Gasteiger partial charge is 0.292 e. The second-order valence-corrected chi connectivity index (χ2v) is 7.67. The van der Waals surface area contributed by atoms with Gasteiger partial charge in [0.2, 0.25) is 0 Å². The molecule has 0 N–H and O–H groups in total. The largest absolute Gasteiger partial charge is 0.387 e. The molecule has 0 atom stereocenters. The van der Waals surface area contributed by atoms with Crippen LogP contribution in [0.15, 0.2) is 16.6 Å². The minimum Gasteiger partial charge on any atom is -0.387 e. The van der Waals surface area contributed by atoms with Crippen LogP contribution in [0.25, 0.3) is 10.6 Å². The van der Waals surface area contributed by atoms with E-state index in [1.165, 1.54) is 18.8 Å². The Labute approximate surface area is 210 Å². The van der Waals surface area contributed by atoms with E-state index < -0.39 is 4.49 Å². The van der Waals surface area contributed by atoms with Crippen molar-refractivity contribution in [3.8, 4) is 41.8 Å². The van der Waals surface area contributed by atoms with Crippen LogP contribution < -0.4 is 19.0 Å². The van der Waals surface area contributed by atoms with Gasteiger partial charge < -0.3 is 14.2 Å². The van der Waals surface area contributed by atoms with Crippen molar-refractivity contribution < 1.29 is 19.0 Å². The molecule has 0 fully saturated rings. The quantitative estimate of drug-likeness (QED) is 0.211. The molecular formula is C18H2Cl6N4O4. The van der Waals surface area contributed by atoms with E-state index in [0.717, 1.165) is 12.1 Å². The van der Waals surface area contributed by atoms with Crippen LogP contribution in [0.3, 0.4) is 0 Å². The maximum Gasteiger partial charge on any atom is 0.292 e. The number of halogens is 6. The Morgan fingerprint density at radius 1 is 0.781 bits per heavy atom. The van der Waals surface area contributed by atoms with Crippen LogP contribution in [-0.4, -0.2) is 0 Å². The van der Waals surface area contributed by atoms with E-state index in [-0.39, 0.29) is 59.8 Å². The summed E-state index contributed by atoms with van der Waals surface area (Å²) in [5.41, 5.74) is -0.695. The molecule has 2 aromatic carbocycles. The minimum absolute atomic E-state index is 0.186. The van der Waals surface area contributed by atoms with Crippen molar-refractivity contribution in [3.63, 3.8) is 0 Å². The van der Waals surface area contributed by atoms with E-state index in [1.54, 1.807) is 0 Å². The summed E-state index contributed by atoms with van der Waals surface area (Å²) in [4.78, 5) is 4.77. The highest BCUT2D eigenvalue weighted by Gasteiger charge is 2.31. The number of hydrogen-bond acceptors (Lipinski definition) is 7. The third-order valence-corrected chi connectivity index (χ3v) is 5.23. The van der Waals surface area contributed by atoms with Gasteiger partial charge in [0, 0.05) is 17.7 Å². The predicted molar refractivity (Wildman–Crippen MR) is 117 cm³/mol. The molecule has 0 heterocycles. The van der Waals surface area contributed by atoms with Crippen LogP contribution in [0, 0.1) is 41.1 Å². The fraction of sp³-hybridized carbons (Fsp3) is 0. The molecule has 0 saturated carbocycles. The first-order valence-corrected chi connectivity index (χ1v) is 9.81. The second kappa shape index (κ2) is 11.1. The van der Waals surface area contributed by atoms with Crippen molar-refractivity contribution in [1.29, 1.82) is 15.8 Å². The van der Waals surface area contributed by atoms with Crippen LogP contribution in [0.4, 0.5) is 0 Å². The maximum absolute atomic E-state index is 9.05. The van der Waals surface area contributed by atoms with Crippen molar-refractivity contribution >= 4 is 75.2 Å². The zero-order chi connectivity index (χ0) is 24.0. The Bertz CT molecular complexity index is 1200. The molecule has 0 aliphatic heterocycles. The molecule has 0 aromatic heterocycles. The highest BCUT2D eigenvalue weighted by molar-refractivity contribution is 6.59. The minimum atomic E-state index is -0.513. The Balaban J connectivity index is 3.09. The van der Waals surface area contributed by atoms with Gasteiger partial charge in [-0.25, -0.2) is 0 Å². The first kappa shape index (κ1) is 25.3. The number of hydrogen-bond donors (Lipinski definition) is 0. The van der Waals surface area contributed by atoms with Gasteiger partial charge in [0.15, 0.2) is 17.2 Å². The molecular weight excluding hydrogens is 549 g/mol.